The number of anilines is 1. The van der Waals surface area contributed by atoms with Crippen LogP contribution in [-0.4, -0.2) is 23.9 Å². The van der Waals surface area contributed by atoms with Crippen LogP contribution in [-0.2, 0) is 11.3 Å². The predicted octanol–water partition coefficient (Wildman–Crippen LogP) is 4.59. The molecule has 23 heavy (non-hydrogen) atoms. The summed E-state index contributed by atoms with van der Waals surface area (Å²) < 4.78 is 13.2. The maximum Gasteiger partial charge on any atom is 0.241 e. The van der Waals surface area contributed by atoms with Crippen LogP contribution in [0.25, 0.3) is 0 Å². The molecule has 122 valence electrons. The Hall–Kier alpha value is -1.62. The van der Waals surface area contributed by atoms with E-state index in [0.29, 0.717) is 22.3 Å². The van der Waals surface area contributed by atoms with Crippen molar-refractivity contribution in [1.29, 1.82) is 0 Å². The Morgan fingerprint density at radius 2 is 2.00 bits per heavy atom. The lowest BCUT2D eigenvalue weighted by Gasteiger charge is -2.24. The first kappa shape index (κ1) is 17.7. The van der Waals surface area contributed by atoms with E-state index in [1.807, 2.05) is 11.0 Å². The van der Waals surface area contributed by atoms with Crippen molar-refractivity contribution in [2.45, 2.75) is 19.5 Å². The second-order valence-corrected chi connectivity index (χ2v) is 6.18. The zero-order valence-electron chi connectivity index (χ0n) is 12.8. The highest BCUT2D eigenvalue weighted by Gasteiger charge is 2.19. The maximum atomic E-state index is 13.2. The summed E-state index contributed by atoms with van der Waals surface area (Å²) in [6.07, 6.45) is 0. The molecular formula is C17H17Cl2FN2O. The fourth-order valence-corrected chi connectivity index (χ4v) is 2.54. The average molecular weight is 355 g/mol. The van der Waals surface area contributed by atoms with E-state index in [0.717, 1.165) is 5.56 Å². The van der Waals surface area contributed by atoms with E-state index in [9.17, 15) is 9.18 Å². The molecule has 0 radical (unpaired) electrons. The Labute approximate surface area is 145 Å². The van der Waals surface area contributed by atoms with Crippen molar-refractivity contribution in [2.24, 2.45) is 0 Å². The lowest BCUT2D eigenvalue weighted by atomic mass is 10.2. The van der Waals surface area contributed by atoms with Crippen molar-refractivity contribution in [3.05, 3.63) is 63.9 Å². The van der Waals surface area contributed by atoms with E-state index >= 15 is 0 Å². The Balaban J connectivity index is 2.01. The van der Waals surface area contributed by atoms with Crippen molar-refractivity contribution in [3.63, 3.8) is 0 Å². The van der Waals surface area contributed by atoms with E-state index < -0.39 is 6.04 Å². The lowest BCUT2D eigenvalue weighted by Crippen LogP contribution is -2.39. The number of benzene rings is 2. The van der Waals surface area contributed by atoms with Crippen LogP contribution >= 0.6 is 23.2 Å². The second-order valence-electron chi connectivity index (χ2n) is 5.33. The summed E-state index contributed by atoms with van der Waals surface area (Å²) >= 11 is 11.9. The van der Waals surface area contributed by atoms with Crippen LogP contribution < -0.4 is 5.32 Å². The molecule has 0 aliphatic carbocycles. The highest BCUT2D eigenvalue weighted by Crippen LogP contribution is 2.25. The highest BCUT2D eigenvalue weighted by atomic mass is 35.5. The molecule has 1 atom stereocenters. The van der Waals surface area contributed by atoms with Gasteiger partial charge in [0, 0.05) is 11.6 Å². The van der Waals surface area contributed by atoms with Gasteiger partial charge in [-0.05, 0) is 49.9 Å². The summed E-state index contributed by atoms with van der Waals surface area (Å²) in [7, 11) is 1.80. The predicted molar refractivity (Wildman–Crippen MR) is 92.4 cm³/mol. The van der Waals surface area contributed by atoms with Crippen molar-refractivity contribution >= 4 is 34.8 Å². The van der Waals surface area contributed by atoms with E-state index in [-0.39, 0.29) is 11.7 Å². The molecule has 0 spiro atoms. The molecule has 0 fully saturated rings. The standard InChI is InChI=1S/C17H17Cl2FN2O/c1-11(22(2)10-12-4-3-5-14(20)8-12)17(23)21-16-7-6-13(18)9-15(16)19/h3-9,11H,10H2,1-2H3,(H,21,23)/t11-/m0/s1. The number of hydrogen-bond acceptors (Lipinski definition) is 2. The molecule has 0 aromatic heterocycles. The molecule has 0 saturated heterocycles. The summed E-state index contributed by atoms with van der Waals surface area (Å²) in [6, 6.07) is 10.8. The smallest absolute Gasteiger partial charge is 0.241 e. The third kappa shape index (κ3) is 4.93. The molecule has 0 aliphatic rings. The zero-order chi connectivity index (χ0) is 17.0. The van der Waals surface area contributed by atoms with E-state index in [1.165, 1.54) is 12.1 Å². The number of rotatable bonds is 5. The molecule has 1 amide bonds. The monoisotopic (exact) mass is 354 g/mol. The number of carbonyl (C=O) groups is 1. The van der Waals surface area contributed by atoms with Gasteiger partial charge in [0.2, 0.25) is 5.91 Å². The molecule has 0 bridgehead atoms. The minimum absolute atomic E-state index is 0.201. The number of halogens is 3. The fraction of sp³-hybridized carbons (Fsp3) is 0.235. The molecule has 6 heteroatoms. The summed E-state index contributed by atoms with van der Waals surface area (Å²) in [5.74, 6) is -0.492. The molecule has 1 N–H and O–H groups in total. The highest BCUT2D eigenvalue weighted by molar-refractivity contribution is 6.36. The van der Waals surface area contributed by atoms with Crippen LogP contribution in [0.2, 0.25) is 10.0 Å². The van der Waals surface area contributed by atoms with Gasteiger partial charge in [-0.1, -0.05) is 35.3 Å². The van der Waals surface area contributed by atoms with E-state index in [2.05, 4.69) is 5.32 Å². The molecule has 0 saturated carbocycles. The molecule has 2 aromatic carbocycles. The van der Waals surface area contributed by atoms with E-state index in [1.54, 1.807) is 38.2 Å². The van der Waals surface area contributed by atoms with Gasteiger partial charge in [0.15, 0.2) is 0 Å². The summed E-state index contributed by atoms with van der Waals surface area (Å²) in [4.78, 5) is 14.2. The number of carbonyl (C=O) groups excluding carboxylic acids is 1. The van der Waals surface area contributed by atoms with Gasteiger partial charge in [0.25, 0.3) is 0 Å². The van der Waals surface area contributed by atoms with Gasteiger partial charge >= 0.3 is 0 Å². The first-order valence-corrected chi connectivity index (χ1v) is 7.83. The van der Waals surface area contributed by atoms with Gasteiger partial charge in [-0.2, -0.15) is 0 Å². The number of nitrogens with one attached hydrogen (secondary N) is 1. The zero-order valence-corrected chi connectivity index (χ0v) is 14.3. The second kappa shape index (κ2) is 7.77. The lowest BCUT2D eigenvalue weighted by molar-refractivity contribution is -0.120. The molecule has 0 heterocycles. The van der Waals surface area contributed by atoms with Crippen molar-refractivity contribution in [1.82, 2.24) is 4.90 Å². The molecule has 2 aromatic rings. The Bertz CT molecular complexity index is 709. The minimum Gasteiger partial charge on any atom is -0.323 e. The molecule has 3 nitrogen and oxygen atoms in total. The average Bonchev–Trinajstić information content (AvgIpc) is 2.49. The largest absolute Gasteiger partial charge is 0.323 e. The normalized spacial score (nSPS) is 12.3. The maximum absolute atomic E-state index is 13.2. The Morgan fingerprint density at radius 1 is 1.26 bits per heavy atom. The molecule has 2 rings (SSSR count). The van der Waals surface area contributed by atoms with Crippen molar-refractivity contribution in [3.8, 4) is 0 Å². The van der Waals surface area contributed by atoms with Gasteiger partial charge < -0.3 is 5.32 Å². The third-order valence-corrected chi connectivity index (χ3v) is 4.10. The number of likely N-dealkylation sites (N-methyl/N-ethyl adjacent to an activating group) is 1. The van der Waals surface area contributed by atoms with Gasteiger partial charge in [-0.25, -0.2) is 4.39 Å². The van der Waals surface area contributed by atoms with Crippen molar-refractivity contribution < 1.29 is 9.18 Å². The number of hydrogen-bond donors (Lipinski definition) is 1. The quantitative estimate of drug-likeness (QED) is 0.851. The topological polar surface area (TPSA) is 32.3 Å². The SMILES string of the molecule is C[C@@H](C(=O)Nc1ccc(Cl)cc1Cl)N(C)Cc1cccc(F)c1. The number of amides is 1. The Morgan fingerprint density at radius 3 is 2.65 bits per heavy atom. The van der Waals surface area contributed by atoms with Gasteiger partial charge in [-0.15, -0.1) is 0 Å². The fourth-order valence-electron chi connectivity index (χ4n) is 2.09. The Kier molecular flexibility index (Phi) is 5.99. The number of nitrogens with zero attached hydrogens (tertiary/aromatic N) is 1. The third-order valence-electron chi connectivity index (χ3n) is 3.55. The first-order valence-electron chi connectivity index (χ1n) is 7.07. The van der Waals surface area contributed by atoms with Gasteiger partial charge in [0.1, 0.15) is 5.82 Å². The van der Waals surface area contributed by atoms with Crippen LogP contribution in [0.15, 0.2) is 42.5 Å². The minimum atomic E-state index is -0.412. The molecule has 0 unspecified atom stereocenters. The van der Waals surface area contributed by atoms with Crippen LogP contribution in [0.4, 0.5) is 10.1 Å². The van der Waals surface area contributed by atoms with Crippen LogP contribution in [0, 0.1) is 5.82 Å². The molecular weight excluding hydrogens is 338 g/mol. The van der Waals surface area contributed by atoms with Crippen LogP contribution in [0.3, 0.4) is 0 Å². The summed E-state index contributed by atoms with van der Waals surface area (Å²) in [5.41, 5.74) is 1.31. The van der Waals surface area contributed by atoms with Crippen molar-refractivity contribution in [2.75, 3.05) is 12.4 Å². The summed E-state index contributed by atoms with van der Waals surface area (Å²) in [5, 5.41) is 3.65. The van der Waals surface area contributed by atoms with Gasteiger partial charge in [-0.3, -0.25) is 9.69 Å². The first-order chi connectivity index (χ1) is 10.9. The summed E-state index contributed by atoms with van der Waals surface area (Å²) in [6.45, 7) is 2.24. The van der Waals surface area contributed by atoms with Gasteiger partial charge in [0.05, 0.1) is 16.8 Å². The van der Waals surface area contributed by atoms with Crippen LogP contribution in [0.5, 0.6) is 0 Å². The molecule has 0 aliphatic heterocycles. The van der Waals surface area contributed by atoms with E-state index in [4.69, 9.17) is 23.2 Å². The van der Waals surface area contributed by atoms with Crippen LogP contribution in [0.1, 0.15) is 12.5 Å².